The summed E-state index contributed by atoms with van der Waals surface area (Å²) in [5, 5.41) is 4.49. The summed E-state index contributed by atoms with van der Waals surface area (Å²) in [6.45, 7) is 4.27. The summed E-state index contributed by atoms with van der Waals surface area (Å²) < 4.78 is 9.30. The van der Waals surface area contributed by atoms with Gasteiger partial charge in [0.15, 0.2) is 5.58 Å². The summed E-state index contributed by atoms with van der Waals surface area (Å²) in [6, 6.07) is 52.4. The summed E-state index contributed by atoms with van der Waals surface area (Å²) in [4.78, 5) is 12.9. The molecule has 240 valence electrons. The van der Waals surface area contributed by atoms with E-state index in [-0.39, 0.29) is 21.1 Å². The maximum Gasteiger partial charge on any atom is 2.00 e. The van der Waals surface area contributed by atoms with Gasteiger partial charge in [-0.25, -0.2) is 0 Å². The molecule has 5 aromatic heterocycles. The van der Waals surface area contributed by atoms with E-state index in [1.54, 1.807) is 0 Å². The third-order valence-electron chi connectivity index (χ3n) is 9.60. The van der Waals surface area contributed by atoms with Gasteiger partial charge in [-0.15, -0.1) is 71.8 Å². The van der Waals surface area contributed by atoms with Gasteiger partial charge in [0.25, 0.3) is 0 Å². The summed E-state index contributed by atoms with van der Waals surface area (Å²) in [6.07, 6.45) is 0. The first-order valence-electron chi connectivity index (χ1n) is 16.4. The molecule has 0 aliphatic carbocycles. The summed E-state index contributed by atoms with van der Waals surface area (Å²) in [7, 11) is 0. The predicted octanol–water partition coefficient (Wildman–Crippen LogP) is 11.4. The first kappa shape index (κ1) is 30.3. The molecule has 0 unspecified atom stereocenters. The van der Waals surface area contributed by atoms with E-state index in [1.807, 2.05) is 60.7 Å². The molecule has 5 aromatic carbocycles. The maximum atomic E-state index is 6.94. The largest absolute Gasteiger partial charge is 2.00 e. The Bertz CT molecular complexity index is 2840. The number of pyridine rings is 2. The molecular weight excluding hydrogens is 796 g/mol. The molecule has 0 saturated carbocycles. The van der Waals surface area contributed by atoms with Crippen molar-refractivity contribution in [2.24, 2.45) is 0 Å². The molecule has 0 aliphatic rings. The van der Waals surface area contributed by atoms with Crippen LogP contribution in [0.5, 0.6) is 0 Å². The van der Waals surface area contributed by atoms with Crippen molar-refractivity contribution in [2.45, 2.75) is 13.8 Å². The zero-order valence-corrected chi connectivity index (χ0v) is 29.5. The number of anilines is 3. The van der Waals surface area contributed by atoms with Crippen LogP contribution in [0, 0.1) is 26.0 Å². The van der Waals surface area contributed by atoms with Crippen molar-refractivity contribution in [2.75, 3.05) is 4.90 Å². The average Bonchev–Trinajstić information content (AvgIpc) is 3.79. The normalized spacial score (nSPS) is 11.6. The Morgan fingerprint density at radius 1 is 0.620 bits per heavy atom. The molecule has 0 spiro atoms. The van der Waals surface area contributed by atoms with Crippen LogP contribution in [0.15, 0.2) is 138 Å². The Labute approximate surface area is 303 Å². The van der Waals surface area contributed by atoms with E-state index in [2.05, 4.69) is 108 Å². The number of hydrogen-bond acceptors (Lipinski definition) is 4. The molecule has 0 bridgehead atoms. The van der Waals surface area contributed by atoms with Gasteiger partial charge in [-0.1, -0.05) is 60.7 Å². The van der Waals surface area contributed by atoms with E-state index >= 15 is 0 Å². The van der Waals surface area contributed by atoms with Crippen LogP contribution in [0.4, 0.5) is 17.3 Å². The van der Waals surface area contributed by atoms with Gasteiger partial charge in [0, 0.05) is 33.3 Å². The van der Waals surface area contributed by atoms with Gasteiger partial charge in [-0.05, 0) is 48.9 Å². The molecule has 0 amide bonds. The van der Waals surface area contributed by atoms with E-state index in [0.717, 1.165) is 78.1 Å². The third kappa shape index (κ3) is 4.43. The summed E-state index contributed by atoms with van der Waals surface area (Å²) >= 11 is 0. The van der Waals surface area contributed by atoms with Crippen molar-refractivity contribution < 1.29 is 25.5 Å². The second kappa shape index (κ2) is 11.7. The Morgan fingerprint density at radius 3 is 2.08 bits per heavy atom. The number of aryl methyl sites for hydroxylation is 2. The molecule has 10 rings (SSSR count). The molecule has 0 aliphatic heterocycles. The van der Waals surface area contributed by atoms with Crippen molar-refractivity contribution in [3.05, 3.63) is 157 Å². The van der Waals surface area contributed by atoms with Gasteiger partial charge < -0.3 is 8.82 Å². The quantitative estimate of drug-likeness (QED) is 0.162. The third-order valence-corrected chi connectivity index (χ3v) is 9.60. The van der Waals surface area contributed by atoms with Gasteiger partial charge in [0.1, 0.15) is 17.2 Å². The summed E-state index contributed by atoms with van der Waals surface area (Å²) in [5.41, 5.74) is 11.7. The molecule has 50 heavy (non-hydrogen) atoms. The van der Waals surface area contributed by atoms with Crippen LogP contribution in [-0.4, -0.2) is 14.4 Å². The molecule has 5 nitrogen and oxygen atoms in total. The molecule has 0 fully saturated rings. The Kier molecular flexibility index (Phi) is 7.08. The molecular formula is C44H28N4OPt. The zero-order valence-electron chi connectivity index (χ0n) is 27.2. The molecule has 5 heterocycles. The first-order valence-corrected chi connectivity index (χ1v) is 16.4. The molecule has 0 saturated heterocycles. The van der Waals surface area contributed by atoms with Crippen LogP contribution in [0.25, 0.3) is 71.8 Å². The molecule has 6 heteroatoms. The van der Waals surface area contributed by atoms with Crippen molar-refractivity contribution in [1.82, 2.24) is 14.4 Å². The Hall–Kier alpha value is -5.77. The first-order chi connectivity index (χ1) is 24.2. The van der Waals surface area contributed by atoms with Crippen molar-refractivity contribution in [1.29, 1.82) is 0 Å². The monoisotopic (exact) mass is 823 g/mol. The van der Waals surface area contributed by atoms with Crippen molar-refractivity contribution >= 4 is 66.6 Å². The minimum Gasteiger partial charge on any atom is -0.454 e. The maximum absolute atomic E-state index is 6.94. The van der Waals surface area contributed by atoms with Crippen molar-refractivity contribution in [3.63, 3.8) is 0 Å². The number of para-hydroxylation sites is 3. The molecule has 10 aromatic rings. The van der Waals surface area contributed by atoms with Crippen LogP contribution < -0.4 is 4.90 Å². The number of fused-ring (bicyclic) bond motifs is 8. The van der Waals surface area contributed by atoms with Crippen LogP contribution >= 0.6 is 0 Å². The summed E-state index contributed by atoms with van der Waals surface area (Å²) in [5.74, 6) is 1.46. The van der Waals surface area contributed by atoms with E-state index in [0.29, 0.717) is 5.82 Å². The second-order valence-corrected chi connectivity index (χ2v) is 12.5. The SMILES string of the molecule is Cc1cccc(C)c1N(c1cccc(-c2[c-]cccc2)n1)c1cc2oc3c4cccc5c6ccccc6n(c54)c3c2c(-c2[c-]cccc2)n1.[Pt+2]. The van der Waals surface area contributed by atoms with Gasteiger partial charge in [0.05, 0.1) is 22.2 Å². The van der Waals surface area contributed by atoms with Gasteiger partial charge in [-0.2, -0.15) is 0 Å². The van der Waals surface area contributed by atoms with E-state index in [1.165, 1.54) is 16.3 Å². The molecule has 0 radical (unpaired) electrons. The number of nitrogens with zero attached hydrogens (tertiary/aromatic N) is 4. The van der Waals surface area contributed by atoms with E-state index < -0.39 is 0 Å². The van der Waals surface area contributed by atoms with E-state index in [4.69, 9.17) is 14.4 Å². The number of benzene rings is 5. The van der Waals surface area contributed by atoms with Gasteiger partial charge >= 0.3 is 21.1 Å². The van der Waals surface area contributed by atoms with E-state index in [9.17, 15) is 0 Å². The molecule has 0 N–H and O–H groups in total. The van der Waals surface area contributed by atoms with Crippen LogP contribution in [0.3, 0.4) is 0 Å². The number of hydrogen-bond donors (Lipinski definition) is 0. The van der Waals surface area contributed by atoms with Gasteiger partial charge in [-0.3, -0.25) is 14.9 Å². The number of furan rings is 1. The van der Waals surface area contributed by atoms with Crippen molar-refractivity contribution in [3.8, 4) is 22.5 Å². The van der Waals surface area contributed by atoms with Crippen LogP contribution in [0.2, 0.25) is 0 Å². The fraction of sp³-hybridized carbons (Fsp3) is 0.0455. The minimum atomic E-state index is 0. The smallest absolute Gasteiger partial charge is 0.454 e. The topological polar surface area (TPSA) is 46.6 Å². The zero-order chi connectivity index (χ0) is 32.6. The number of aromatic nitrogens is 3. The van der Waals surface area contributed by atoms with Crippen LogP contribution in [0.1, 0.15) is 11.1 Å². The van der Waals surface area contributed by atoms with Gasteiger partial charge in [0.2, 0.25) is 0 Å². The predicted molar refractivity (Wildman–Crippen MR) is 199 cm³/mol. The van der Waals surface area contributed by atoms with Crippen LogP contribution in [-0.2, 0) is 21.1 Å². The fourth-order valence-electron chi connectivity index (χ4n) is 7.53. The Balaban J connectivity index is 0.00000336. The minimum absolute atomic E-state index is 0. The fourth-order valence-corrected chi connectivity index (χ4v) is 7.53. The molecule has 0 atom stereocenters. The Morgan fingerprint density at radius 2 is 1.30 bits per heavy atom. The standard InChI is InChI=1S/C44H28N4O.Pt/c1-27-14-11-15-28(2)41(27)48(37-25-13-23-34(45-37)29-16-5-3-6-17-29)38-26-36-39(40(46-38)30-18-7-4-8-19-30)43-44(49-36)33-22-12-21-32-31-20-9-10-24-35(31)47(43)42(32)33;/h3-16,18,20-26H,1-2H3;/q-2;+2. The second-order valence-electron chi connectivity index (χ2n) is 12.5. The number of rotatable bonds is 5. The average molecular weight is 824 g/mol.